The van der Waals surface area contributed by atoms with Gasteiger partial charge in [-0.15, -0.1) is 12.6 Å². The van der Waals surface area contributed by atoms with Crippen molar-refractivity contribution in [2.45, 2.75) is 15.5 Å². The quantitative estimate of drug-likeness (QED) is 0.655. The van der Waals surface area contributed by atoms with E-state index in [9.17, 15) is 8.42 Å². The number of thiol groups is 1. The Labute approximate surface area is 74.0 Å². The SMILES string of the molecule is O=S1(=O)Cc2c(S)c3cc1c2o3. The highest BCUT2D eigenvalue weighted by Gasteiger charge is 2.35. The molecule has 0 unspecified atom stereocenters. The average Bonchev–Trinajstić information content (AvgIpc) is 2.54. The summed E-state index contributed by atoms with van der Waals surface area (Å²) in [7, 11) is -3.09. The third-order valence-corrected chi connectivity index (χ3v) is 4.29. The fraction of sp³-hybridized carbons (Fsp3) is 0.143. The highest BCUT2D eigenvalue weighted by Crippen LogP contribution is 2.44. The Morgan fingerprint density at radius 3 is 2.83 bits per heavy atom. The van der Waals surface area contributed by atoms with Crippen molar-refractivity contribution in [2.75, 3.05) is 0 Å². The van der Waals surface area contributed by atoms with Crippen molar-refractivity contribution in [3.63, 3.8) is 0 Å². The first-order chi connectivity index (χ1) is 5.59. The maximum Gasteiger partial charge on any atom is 0.186 e. The fourth-order valence-electron chi connectivity index (χ4n) is 1.59. The number of fused-ring (bicyclic) bond motifs is 1. The van der Waals surface area contributed by atoms with E-state index in [-0.39, 0.29) is 5.75 Å². The molecular weight excluding hydrogens is 196 g/mol. The van der Waals surface area contributed by atoms with E-state index in [0.29, 0.717) is 21.0 Å². The Morgan fingerprint density at radius 2 is 2.25 bits per heavy atom. The van der Waals surface area contributed by atoms with Gasteiger partial charge in [-0.05, 0) is 0 Å². The summed E-state index contributed by atoms with van der Waals surface area (Å²) >= 11 is 4.17. The Morgan fingerprint density at radius 1 is 1.50 bits per heavy atom. The van der Waals surface area contributed by atoms with E-state index in [1.165, 1.54) is 0 Å². The molecule has 0 radical (unpaired) electrons. The molecule has 2 bridgehead atoms. The molecule has 0 amide bonds. The normalized spacial score (nSPS) is 19.4. The minimum atomic E-state index is -3.09. The van der Waals surface area contributed by atoms with Gasteiger partial charge in [0.25, 0.3) is 0 Å². The van der Waals surface area contributed by atoms with Crippen LogP contribution in [0.1, 0.15) is 5.56 Å². The molecule has 0 fully saturated rings. The minimum Gasteiger partial charge on any atom is -0.454 e. The van der Waals surface area contributed by atoms with E-state index >= 15 is 0 Å². The van der Waals surface area contributed by atoms with Gasteiger partial charge < -0.3 is 4.42 Å². The monoisotopic (exact) mass is 200 g/mol. The van der Waals surface area contributed by atoms with E-state index in [0.717, 1.165) is 5.56 Å². The van der Waals surface area contributed by atoms with E-state index in [1.807, 2.05) is 0 Å². The molecule has 3 nitrogen and oxygen atoms in total. The molecule has 3 heterocycles. The number of rotatable bonds is 0. The zero-order valence-corrected chi connectivity index (χ0v) is 7.58. The Bertz CT molecular complexity index is 564. The predicted molar refractivity (Wildman–Crippen MR) is 45.5 cm³/mol. The van der Waals surface area contributed by atoms with E-state index < -0.39 is 9.84 Å². The van der Waals surface area contributed by atoms with Gasteiger partial charge in [-0.2, -0.15) is 0 Å². The maximum absolute atomic E-state index is 11.4. The van der Waals surface area contributed by atoms with Gasteiger partial charge in [-0.25, -0.2) is 8.42 Å². The third-order valence-electron chi connectivity index (χ3n) is 2.16. The van der Waals surface area contributed by atoms with Gasteiger partial charge in [0, 0.05) is 11.6 Å². The van der Waals surface area contributed by atoms with Crippen LogP contribution in [0.5, 0.6) is 0 Å². The molecule has 1 aliphatic heterocycles. The van der Waals surface area contributed by atoms with Gasteiger partial charge in [0.15, 0.2) is 15.4 Å². The van der Waals surface area contributed by atoms with Crippen molar-refractivity contribution in [3.8, 4) is 0 Å². The summed E-state index contributed by atoms with van der Waals surface area (Å²) in [6, 6.07) is 1.55. The summed E-state index contributed by atoms with van der Waals surface area (Å²) in [4.78, 5) is 1.01. The summed E-state index contributed by atoms with van der Waals surface area (Å²) in [6.45, 7) is 0. The van der Waals surface area contributed by atoms with Crippen LogP contribution in [-0.2, 0) is 15.6 Å². The molecule has 2 aromatic rings. The number of furan rings is 2. The van der Waals surface area contributed by atoms with Crippen molar-refractivity contribution < 1.29 is 12.8 Å². The van der Waals surface area contributed by atoms with Crippen LogP contribution < -0.4 is 0 Å². The lowest BCUT2D eigenvalue weighted by atomic mass is 10.2. The highest BCUT2D eigenvalue weighted by atomic mass is 32.2. The smallest absolute Gasteiger partial charge is 0.186 e. The van der Waals surface area contributed by atoms with Crippen molar-refractivity contribution in [1.29, 1.82) is 0 Å². The highest BCUT2D eigenvalue weighted by molar-refractivity contribution is 7.91. The fourth-order valence-corrected chi connectivity index (χ4v) is 3.53. The molecule has 1 aliphatic rings. The van der Waals surface area contributed by atoms with E-state index in [4.69, 9.17) is 4.42 Å². The van der Waals surface area contributed by atoms with Gasteiger partial charge in [0.1, 0.15) is 10.5 Å². The predicted octanol–water partition coefficient (Wildman–Crippen LogP) is 1.45. The molecule has 0 aliphatic carbocycles. The van der Waals surface area contributed by atoms with Gasteiger partial charge in [-0.1, -0.05) is 0 Å². The summed E-state index contributed by atoms with van der Waals surface area (Å²) < 4.78 is 28.0. The maximum atomic E-state index is 11.4. The van der Waals surface area contributed by atoms with Gasteiger partial charge in [0.2, 0.25) is 0 Å². The molecule has 0 atom stereocenters. The first-order valence-electron chi connectivity index (χ1n) is 3.39. The van der Waals surface area contributed by atoms with Crippen molar-refractivity contribution in [1.82, 2.24) is 0 Å². The molecule has 0 aromatic carbocycles. The lowest BCUT2D eigenvalue weighted by molar-refractivity contribution is 0.598. The molecule has 0 saturated heterocycles. The van der Waals surface area contributed by atoms with Crippen LogP contribution in [0.2, 0.25) is 0 Å². The van der Waals surface area contributed by atoms with Crippen molar-refractivity contribution >= 4 is 33.6 Å². The Balaban J connectivity index is 2.63. The second kappa shape index (κ2) is 1.65. The molecular formula is C7H4O3S2. The number of sulfone groups is 1. The van der Waals surface area contributed by atoms with Crippen LogP contribution >= 0.6 is 12.6 Å². The zero-order valence-electron chi connectivity index (χ0n) is 5.86. The number of benzene rings is 1. The molecule has 5 heteroatoms. The largest absolute Gasteiger partial charge is 0.454 e. The van der Waals surface area contributed by atoms with Crippen LogP contribution in [0.15, 0.2) is 20.3 Å². The van der Waals surface area contributed by atoms with Crippen LogP contribution in [0, 0.1) is 0 Å². The molecule has 0 N–H and O–H groups in total. The summed E-state index contributed by atoms with van der Waals surface area (Å²) in [6.07, 6.45) is 0. The minimum absolute atomic E-state index is 0.0521. The second-order valence-corrected chi connectivity index (χ2v) is 5.30. The van der Waals surface area contributed by atoms with Crippen LogP contribution in [0.4, 0.5) is 0 Å². The summed E-state index contributed by atoms with van der Waals surface area (Å²) in [5.74, 6) is 0.0521. The van der Waals surface area contributed by atoms with E-state index in [2.05, 4.69) is 12.6 Å². The first-order valence-corrected chi connectivity index (χ1v) is 5.49. The van der Waals surface area contributed by atoms with E-state index in [1.54, 1.807) is 6.07 Å². The standard InChI is InChI=1S/C7H4O3S2/c8-12(9)2-3-6-5(12)1-4(10-6)7(3)11/h1,11H,2H2. The zero-order chi connectivity index (χ0) is 8.51. The van der Waals surface area contributed by atoms with Crippen LogP contribution in [0.3, 0.4) is 0 Å². The topological polar surface area (TPSA) is 47.3 Å². The van der Waals surface area contributed by atoms with Crippen molar-refractivity contribution in [2.24, 2.45) is 0 Å². The third kappa shape index (κ3) is 0.548. The lowest BCUT2D eigenvalue weighted by Gasteiger charge is -1.86. The molecule has 3 rings (SSSR count). The number of hydrogen-bond donors (Lipinski definition) is 1. The second-order valence-electron chi connectivity index (χ2n) is 2.89. The first kappa shape index (κ1) is 6.80. The van der Waals surface area contributed by atoms with Gasteiger partial charge in [-0.3, -0.25) is 0 Å². The lowest BCUT2D eigenvalue weighted by Crippen LogP contribution is -1.94. The summed E-state index contributed by atoms with van der Waals surface area (Å²) in [5.41, 5.74) is 1.82. The van der Waals surface area contributed by atoms with Crippen LogP contribution in [0.25, 0.3) is 11.2 Å². The molecule has 2 aromatic heterocycles. The van der Waals surface area contributed by atoms with Crippen molar-refractivity contribution in [3.05, 3.63) is 11.6 Å². The average molecular weight is 200 g/mol. The molecule has 0 saturated carbocycles. The summed E-state index contributed by atoms with van der Waals surface area (Å²) in [5, 5.41) is 0. The molecule has 0 spiro atoms. The van der Waals surface area contributed by atoms with Gasteiger partial charge in [0.05, 0.1) is 10.6 Å². The van der Waals surface area contributed by atoms with Crippen LogP contribution in [-0.4, -0.2) is 8.42 Å². The molecule has 62 valence electrons. The Hall–Kier alpha value is -0.680. The number of hydrogen-bond acceptors (Lipinski definition) is 4. The van der Waals surface area contributed by atoms with Gasteiger partial charge >= 0.3 is 0 Å². The molecule has 12 heavy (non-hydrogen) atoms. The Kier molecular flexibility index (Phi) is 0.933.